The third-order valence-corrected chi connectivity index (χ3v) is 7.72. The summed E-state index contributed by atoms with van der Waals surface area (Å²) < 4.78 is 16.3. The number of rotatable bonds is 5. The molecule has 5 rings (SSSR count). The van der Waals surface area contributed by atoms with E-state index in [9.17, 15) is 14.4 Å². The summed E-state index contributed by atoms with van der Waals surface area (Å²) in [5.41, 5.74) is 3.31. The third-order valence-electron chi connectivity index (χ3n) is 7.72. The van der Waals surface area contributed by atoms with Crippen LogP contribution in [0.5, 0.6) is 11.5 Å². The molecule has 1 saturated heterocycles. The molecule has 2 amide bonds. The van der Waals surface area contributed by atoms with Crippen molar-refractivity contribution in [2.75, 3.05) is 40.5 Å². The number of benzene rings is 2. The van der Waals surface area contributed by atoms with E-state index < -0.39 is 12.0 Å². The van der Waals surface area contributed by atoms with Gasteiger partial charge in [-0.3, -0.25) is 14.4 Å². The van der Waals surface area contributed by atoms with Gasteiger partial charge in [-0.2, -0.15) is 0 Å². The van der Waals surface area contributed by atoms with Gasteiger partial charge in [0.25, 0.3) is 5.91 Å². The van der Waals surface area contributed by atoms with Gasteiger partial charge in [0.2, 0.25) is 5.91 Å². The van der Waals surface area contributed by atoms with E-state index in [1.807, 2.05) is 46.2 Å². The number of carbonyl (C=O) groups excluding carboxylic acids is 3. The summed E-state index contributed by atoms with van der Waals surface area (Å²) in [4.78, 5) is 43.6. The predicted octanol–water partition coefficient (Wildman–Crippen LogP) is 3.34. The lowest BCUT2D eigenvalue weighted by Gasteiger charge is -2.46. The molecule has 1 fully saturated rings. The Labute approximate surface area is 211 Å². The number of esters is 1. The molecule has 3 heterocycles. The molecular weight excluding hydrogens is 460 g/mol. The molecule has 0 aromatic heterocycles. The molecular formula is C28H32N2O6. The van der Waals surface area contributed by atoms with Crippen LogP contribution in [0.2, 0.25) is 0 Å². The van der Waals surface area contributed by atoms with E-state index >= 15 is 0 Å². The van der Waals surface area contributed by atoms with Gasteiger partial charge in [0.1, 0.15) is 0 Å². The Hall–Kier alpha value is -3.55. The normalized spacial score (nSPS) is 21.2. The summed E-state index contributed by atoms with van der Waals surface area (Å²) in [7, 11) is 3.19. The summed E-state index contributed by atoms with van der Waals surface area (Å²) >= 11 is 0. The Bertz CT molecular complexity index is 1190. The molecule has 3 aliphatic heterocycles. The first-order valence-corrected chi connectivity index (χ1v) is 12.6. The van der Waals surface area contributed by atoms with E-state index in [2.05, 4.69) is 0 Å². The van der Waals surface area contributed by atoms with Crippen LogP contribution in [0.3, 0.4) is 0 Å². The summed E-state index contributed by atoms with van der Waals surface area (Å²) in [6.07, 6.45) is 1.83. The highest BCUT2D eigenvalue weighted by Gasteiger charge is 2.48. The van der Waals surface area contributed by atoms with Gasteiger partial charge in [-0.25, -0.2) is 0 Å². The van der Waals surface area contributed by atoms with E-state index in [1.54, 1.807) is 21.1 Å². The number of hydrogen-bond donors (Lipinski definition) is 0. The Balaban J connectivity index is 1.53. The molecule has 2 aromatic rings. The van der Waals surface area contributed by atoms with Gasteiger partial charge >= 0.3 is 5.97 Å². The fourth-order valence-corrected chi connectivity index (χ4v) is 5.91. The number of carbonyl (C=O) groups is 3. The van der Waals surface area contributed by atoms with Crippen LogP contribution in [0.1, 0.15) is 58.8 Å². The molecule has 2 atom stereocenters. The molecule has 8 nitrogen and oxygen atoms in total. The van der Waals surface area contributed by atoms with Gasteiger partial charge in [0.15, 0.2) is 11.5 Å². The smallest absolute Gasteiger partial charge is 0.309 e. The number of likely N-dealkylation sites (tertiary alicyclic amines) is 1. The van der Waals surface area contributed by atoms with Gasteiger partial charge in [-0.1, -0.05) is 18.2 Å². The van der Waals surface area contributed by atoms with Crippen LogP contribution < -0.4 is 9.47 Å². The molecule has 3 aliphatic rings. The van der Waals surface area contributed by atoms with Crippen LogP contribution in [0, 0.1) is 5.92 Å². The lowest BCUT2D eigenvalue weighted by atomic mass is 9.75. The van der Waals surface area contributed by atoms with Crippen LogP contribution in [0.4, 0.5) is 0 Å². The standard InChI is InChI=1S/C28H32N2O6/c1-4-36-28(33)17-9-12-29(13-10-17)27(32)24-19-7-5-6-8-20(19)26(31)30-14-11-18-15-22(34-2)23(35-3)16-21(18)25(24)30/h5-8,15-17,24-25H,4,9-14H2,1-3H3/t24-,25+/m0/s1. The first kappa shape index (κ1) is 24.2. The number of fused-ring (bicyclic) bond motifs is 4. The SMILES string of the molecule is CCOC(=O)C1CCN(C(=O)[C@H]2c3ccccc3C(=O)N3CCc4cc(OC)c(OC)cc4[C@H]23)CC1. The van der Waals surface area contributed by atoms with E-state index in [0.717, 1.165) is 16.7 Å². The number of piperidine rings is 1. The van der Waals surface area contributed by atoms with E-state index in [4.69, 9.17) is 14.2 Å². The van der Waals surface area contributed by atoms with Crippen molar-refractivity contribution in [2.24, 2.45) is 5.92 Å². The number of hydrogen-bond acceptors (Lipinski definition) is 6. The van der Waals surface area contributed by atoms with Crippen LogP contribution in [-0.4, -0.2) is 68.0 Å². The monoisotopic (exact) mass is 492 g/mol. The zero-order chi connectivity index (χ0) is 25.4. The zero-order valence-electron chi connectivity index (χ0n) is 21.0. The van der Waals surface area contributed by atoms with Crippen molar-refractivity contribution in [3.05, 3.63) is 58.7 Å². The predicted molar refractivity (Wildman–Crippen MR) is 132 cm³/mol. The number of methoxy groups -OCH3 is 2. The second-order valence-electron chi connectivity index (χ2n) is 9.52. The lowest BCUT2D eigenvalue weighted by Crippen LogP contribution is -2.52. The van der Waals surface area contributed by atoms with E-state index in [0.29, 0.717) is 62.6 Å². The average molecular weight is 493 g/mol. The van der Waals surface area contributed by atoms with Gasteiger partial charge in [-0.05, 0) is 61.1 Å². The maximum Gasteiger partial charge on any atom is 0.309 e. The van der Waals surface area contributed by atoms with Gasteiger partial charge in [0.05, 0.1) is 38.7 Å². The molecule has 0 unspecified atom stereocenters. The quantitative estimate of drug-likeness (QED) is 0.596. The summed E-state index contributed by atoms with van der Waals surface area (Å²) in [6, 6.07) is 10.9. The van der Waals surface area contributed by atoms with Gasteiger partial charge < -0.3 is 24.0 Å². The van der Waals surface area contributed by atoms with Crippen molar-refractivity contribution in [3.8, 4) is 11.5 Å². The average Bonchev–Trinajstić information content (AvgIpc) is 2.92. The molecule has 0 saturated carbocycles. The highest BCUT2D eigenvalue weighted by Crippen LogP contribution is 2.49. The third kappa shape index (κ3) is 3.98. The van der Waals surface area contributed by atoms with Crippen LogP contribution in [-0.2, 0) is 20.7 Å². The Morgan fingerprint density at radius 2 is 1.67 bits per heavy atom. The molecule has 2 aromatic carbocycles. The maximum atomic E-state index is 14.2. The molecule has 36 heavy (non-hydrogen) atoms. The largest absolute Gasteiger partial charge is 0.493 e. The van der Waals surface area contributed by atoms with E-state index in [-0.39, 0.29) is 23.7 Å². The van der Waals surface area contributed by atoms with E-state index in [1.165, 1.54) is 0 Å². The van der Waals surface area contributed by atoms with Crippen molar-refractivity contribution in [1.82, 2.24) is 9.80 Å². The van der Waals surface area contributed by atoms with Gasteiger partial charge in [0, 0.05) is 25.2 Å². The second kappa shape index (κ2) is 9.84. The summed E-state index contributed by atoms with van der Waals surface area (Å²) in [5.74, 6) is 0.220. The highest BCUT2D eigenvalue weighted by atomic mass is 16.5. The minimum absolute atomic E-state index is 0.0186. The fourth-order valence-electron chi connectivity index (χ4n) is 5.91. The summed E-state index contributed by atoms with van der Waals surface area (Å²) in [6.45, 7) is 3.66. The maximum absolute atomic E-state index is 14.2. The lowest BCUT2D eigenvalue weighted by molar-refractivity contribution is -0.151. The first-order chi connectivity index (χ1) is 17.5. The Morgan fingerprint density at radius 3 is 2.36 bits per heavy atom. The molecule has 0 N–H and O–H groups in total. The second-order valence-corrected chi connectivity index (χ2v) is 9.52. The van der Waals surface area contributed by atoms with Crippen molar-refractivity contribution >= 4 is 17.8 Å². The Morgan fingerprint density at radius 1 is 0.972 bits per heavy atom. The molecule has 0 aliphatic carbocycles. The molecule has 190 valence electrons. The summed E-state index contributed by atoms with van der Waals surface area (Å²) in [5, 5.41) is 0. The minimum Gasteiger partial charge on any atom is -0.493 e. The van der Waals surface area contributed by atoms with Crippen molar-refractivity contribution < 1.29 is 28.6 Å². The van der Waals surface area contributed by atoms with Crippen LogP contribution >= 0.6 is 0 Å². The zero-order valence-corrected chi connectivity index (χ0v) is 21.0. The van der Waals surface area contributed by atoms with Crippen molar-refractivity contribution in [2.45, 2.75) is 38.1 Å². The Kier molecular flexibility index (Phi) is 6.60. The number of nitrogens with zero attached hydrogens (tertiary/aromatic N) is 2. The fraction of sp³-hybridized carbons (Fsp3) is 0.464. The highest BCUT2D eigenvalue weighted by molar-refractivity contribution is 6.01. The first-order valence-electron chi connectivity index (χ1n) is 12.6. The number of amides is 2. The number of ether oxygens (including phenoxy) is 3. The molecule has 0 bridgehead atoms. The minimum atomic E-state index is -0.546. The topological polar surface area (TPSA) is 85.4 Å². The molecule has 8 heteroatoms. The van der Waals surface area contributed by atoms with Crippen molar-refractivity contribution in [3.63, 3.8) is 0 Å². The van der Waals surface area contributed by atoms with Gasteiger partial charge in [-0.15, -0.1) is 0 Å². The van der Waals surface area contributed by atoms with Crippen LogP contribution in [0.15, 0.2) is 36.4 Å². The van der Waals surface area contributed by atoms with Crippen LogP contribution in [0.25, 0.3) is 0 Å². The molecule has 0 spiro atoms. The van der Waals surface area contributed by atoms with Crippen molar-refractivity contribution in [1.29, 1.82) is 0 Å². The molecule has 0 radical (unpaired) electrons.